The summed E-state index contributed by atoms with van der Waals surface area (Å²) < 4.78 is 0. The van der Waals surface area contributed by atoms with Crippen molar-refractivity contribution in [2.75, 3.05) is 6.61 Å². The smallest absolute Gasteiger partial charge is 0.223 e. The van der Waals surface area contributed by atoms with Gasteiger partial charge < -0.3 is 10.4 Å². The van der Waals surface area contributed by atoms with Crippen LogP contribution in [-0.2, 0) is 11.2 Å². The van der Waals surface area contributed by atoms with Crippen LogP contribution in [0.25, 0.3) is 0 Å². The predicted octanol–water partition coefficient (Wildman–Crippen LogP) is 3.09. The third kappa shape index (κ3) is 5.88. The summed E-state index contributed by atoms with van der Waals surface area (Å²) in [5.41, 5.74) is 2.35. The highest BCUT2D eigenvalue weighted by Gasteiger charge is 2.27. The minimum atomic E-state index is -0.0729. The fraction of sp³-hybridized carbons (Fsp3) is 0.611. The molecular formula is C18H29NO2. The number of nitrogens with one attached hydrogen (secondary N) is 1. The van der Waals surface area contributed by atoms with E-state index in [0.29, 0.717) is 6.42 Å². The summed E-state index contributed by atoms with van der Waals surface area (Å²) in [7, 11) is 0. The molecule has 21 heavy (non-hydrogen) atoms. The van der Waals surface area contributed by atoms with E-state index in [2.05, 4.69) is 57.3 Å². The van der Waals surface area contributed by atoms with Gasteiger partial charge in [0.2, 0.25) is 5.91 Å². The molecule has 0 aliphatic rings. The third-order valence-electron chi connectivity index (χ3n) is 3.89. The van der Waals surface area contributed by atoms with Crippen LogP contribution in [0.4, 0.5) is 0 Å². The highest BCUT2D eigenvalue weighted by Crippen LogP contribution is 2.22. The van der Waals surface area contributed by atoms with Gasteiger partial charge >= 0.3 is 0 Å². The Balaban J connectivity index is 2.62. The molecule has 0 aliphatic heterocycles. The maximum atomic E-state index is 12.4. The number of carbonyl (C=O) groups is 1. The van der Waals surface area contributed by atoms with E-state index in [1.54, 1.807) is 0 Å². The average Bonchev–Trinajstić information content (AvgIpc) is 2.39. The molecule has 0 fully saturated rings. The van der Waals surface area contributed by atoms with Crippen molar-refractivity contribution >= 4 is 5.91 Å². The summed E-state index contributed by atoms with van der Waals surface area (Å²) in [6.07, 6.45) is 1.33. The molecular weight excluding hydrogens is 262 g/mol. The molecule has 3 nitrogen and oxygen atoms in total. The molecule has 1 aromatic carbocycles. The molecule has 2 atom stereocenters. The monoisotopic (exact) mass is 291 g/mol. The molecule has 0 aliphatic carbocycles. The molecule has 118 valence electrons. The SMILES string of the molecule is Cc1ccc(CC(C)C(=O)NC(CCO)C(C)(C)C)cc1. The van der Waals surface area contributed by atoms with Crippen molar-refractivity contribution in [2.24, 2.45) is 11.3 Å². The van der Waals surface area contributed by atoms with Gasteiger partial charge in [-0.25, -0.2) is 0 Å². The number of aliphatic hydroxyl groups is 1. The largest absolute Gasteiger partial charge is 0.396 e. The van der Waals surface area contributed by atoms with Gasteiger partial charge in [0.15, 0.2) is 0 Å². The Morgan fingerprint density at radius 3 is 2.29 bits per heavy atom. The minimum absolute atomic E-state index is 0.00420. The lowest BCUT2D eigenvalue weighted by Gasteiger charge is -2.32. The summed E-state index contributed by atoms with van der Waals surface area (Å²) in [5, 5.41) is 12.3. The molecule has 0 spiro atoms. The third-order valence-corrected chi connectivity index (χ3v) is 3.89. The highest BCUT2D eigenvalue weighted by atomic mass is 16.3. The molecule has 0 bridgehead atoms. The van der Waals surface area contributed by atoms with Crippen molar-refractivity contribution in [2.45, 2.75) is 53.5 Å². The lowest BCUT2D eigenvalue weighted by Crippen LogP contribution is -2.46. The van der Waals surface area contributed by atoms with Crippen molar-refractivity contribution in [1.82, 2.24) is 5.32 Å². The lowest BCUT2D eigenvalue weighted by atomic mass is 9.84. The Hall–Kier alpha value is -1.35. The number of aryl methyl sites for hydroxylation is 1. The molecule has 0 saturated carbocycles. The summed E-state index contributed by atoms with van der Waals surface area (Å²) in [4.78, 5) is 12.4. The van der Waals surface area contributed by atoms with Gasteiger partial charge in [0.1, 0.15) is 0 Å². The Bertz CT molecular complexity index is 445. The van der Waals surface area contributed by atoms with Crippen LogP contribution in [0.1, 0.15) is 45.2 Å². The maximum absolute atomic E-state index is 12.4. The highest BCUT2D eigenvalue weighted by molar-refractivity contribution is 5.79. The van der Waals surface area contributed by atoms with E-state index >= 15 is 0 Å². The molecule has 1 aromatic rings. The molecule has 0 radical (unpaired) electrons. The number of amides is 1. The van der Waals surface area contributed by atoms with E-state index in [1.165, 1.54) is 11.1 Å². The van der Waals surface area contributed by atoms with Crippen LogP contribution in [0.2, 0.25) is 0 Å². The fourth-order valence-electron chi connectivity index (χ4n) is 2.34. The number of hydrogen-bond acceptors (Lipinski definition) is 2. The number of hydrogen-bond donors (Lipinski definition) is 2. The fourth-order valence-corrected chi connectivity index (χ4v) is 2.34. The standard InChI is InChI=1S/C18H29NO2/c1-13-6-8-15(9-7-13)12-14(2)17(21)19-16(10-11-20)18(3,4)5/h6-9,14,16,20H,10-12H2,1-5H3,(H,19,21). The van der Waals surface area contributed by atoms with Gasteiger partial charge in [-0.2, -0.15) is 0 Å². The van der Waals surface area contributed by atoms with Gasteiger partial charge in [0.05, 0.1) is 0 Å². The lowest BCUT2D eigenvalue weighted by molar-refractivity contribution is -0.126. The van der Waals surface area contributed by atoms with Gasteiger partial charge in [0.25, 0.3) is 0 Å². The zero-order chi connectivity index (χ0) is 16.0. The first-order chi connectivity index (χ1) is 9.74. The van der Waals surface area contributed by atoms with Crippen molar-refractivity contribution in [3.8, 4) is 0 Å². The molecule has 1 amide bonds. The zero-order valence-electron chi connectivity index (χ0n) is 13.9. The van der Waals surface area contributed by atoms with Gasteiger partial charge in [0, 0.05) is 18.6 Å². The molecule has 3 heteroatoms. The predicted molar refractivity (Wildman–Crippen MR) is 87.1 cm³/mol. The van der Waals surface area contributed by atoms with Crippen LogP contribution in [0.3, 0.4) is 0 Å². The quantitative estimate of drug-likeness (QED) is 0.846. The van der Waals surface area contributed by atoms with E-state index in [4.69, 9.17) is 5.11 Å². The number of rotatable bonds is 6. The molecule has 0 heterocycles. The average molecular weight is 291 g/mol. The van der Waals surface area contributed by atoms with Crippen molar-refractivity contribution in [1.29, 1.82) is 0 Å². The van der Waals surface area contributed by atoms with Gasteiger partial charge in [-0.1, -0.05) is 57.5 Å². The van der Waals surface area contributed by atoms with Gasteiger partial charge in [-0.05, 0) is 30.7 Å². The number of benzene rings is 1. The Kier molecular flexibility index (Phi) is 6.41. The van der Waals surface area contributed by atoms with Gasteiger partial charge in [-0.15, -0.1) is 0 Å². The molecule has 0 saturated heterocycles. The molecule has 1 rings (SSSR count). The second-order valence-corrected chi connectivity index (χ2v) is 7.03. The van der Waals surface area contributed by atoms with E-state index < -0.39 is 0 Å². The Morgan fingerprint density at radius 1 is 1.24 bits per heavy atom. The van der Waals surface area contributed by atoms with Crippen molar-refractivity contribution in [3.05, 3.63) is 35.4 Å². The maximum Gasteiger partial charge on any atom is 0.223 e. The van der Waals surface area contributed by atoms with Crippen LogP contribution >= 0.6 is 0 Å². The number of aliphatic hydroxyl groups excluding tert-OH is 1. The topological polar surface area (TPSA) is 49.3 Å². The summed E-state index contributed by atoms with van der Waals surface area (Å²) >= 11 is 0. The van der Waals surface area contributed by atoms with E-state index in [9.17, 15) is 4.79 Å². The van der Waals surface area contributed by atoms with Crippen molar-refractivity contribution in [3.63, 3.8) is 0 Å². The summed E-state index contributed by atoms with van der Waals surface area (Å²) in [5.74, 6) is -0.0137. The Morgan fingerprint density at radius 2 is 1.81 bits per heavy atom. The van der Waals surface area contributed by atoms with Crippen LogP contribution in [0, 0.1) is 18.3 Å². The van der Waals surface area contributed by atoms with Crippen molar-refractivity contribution < 1.29 is 9.90 Å². The minimum Gasteiger partial charge on any atom is -0.396 e. The summed E-state index contributed by atoms with van der Waals surface area (Å²) in [6.45, 7) is 10.3. The molecule has 0 aromatic heterocycles. The zero-order valence-corrected chi connectivity index (χ0v) is 13.9. The van der Waals surface area contributed by atoms with Crippen LogP contribution in [0.5, 0.6) is 0 Å². The van der Waals surface area contributed by atoms with E-state index in [1.807, 2.05) is 6.92 Å². The first-order valence-electron chi connectivity index (χ1n) is 7.71. The first kappa shape index (κ1) is 17.7. The van der Waals surface area contributed by atoms with Crippen LogP contribution in [0.15, 0.2) is 24.3 Å². The van der Waals surface area contributed by atoms with E-state index in [-0.39, 0.29) is 29.9 Å². The summed E-state index contributed by atoms with van der Waals surface area (Å²) in [6, 6.07) is 8.30. The van der Waals surface area contributed by atoms with Crippen LogP contribution < -0.4 is 5.32 Å². The second kappa shape index (κ2) is 7.60. The van der Waals surface area contributed by atoms with Gasteiger partial charge in [-0.3, -0.25) is 4.79 Å². The number of carbonyl (C=O) groups excluding carboxylic acids is 1. The normalized spacial score (nSPS) is 14.6. The molecule has 2 N–H and O–H groups in total. The Labute approximate surface area is 128 Å². The van der Waals surface area contributed by atoms with Crippen LogP contribution in [-0.4, -0.2) is 23.7 Å². The first-order valence-corrected chi connectivity index (χ1v) is 7.71. The second-order valence-electron chi connectivity index (χ2n) is 7.03. The van der Waals surface area contributed by atoms with E-state index in [0.717, 1.165) is 6.42 Å². The molecule has 2 unspecified atom stereocenters.